The van der Waals surface area contributed by atoms with E-state index >= 15 is 0 Å². The number of ether oxygens (including phenoxy) is 4. The number of hydrogen-bond donors (Lipinski definition) is 0. The number of allylic oxidation sites excluding steroid dienone is 24. The number of fused-ring (bicyclic) bond motifs is 1. The third-order valence-corrected chi connectivity index (χ3v) is 8.75. The zero-order valence-corrected chi connectivity index (χ0v) is 34.3. The second kappa shape index (κ2) is 35.2. The average Bonchev–Trinajstić information content (AvgIpc) is 3.79. The van der Waals surface area contributed by atoms with E-state index in [1.54, 1.807) is 0 Å². The van der Waals surface area contributed by atoms with Crippen LogP contribution in [0.2, 0.25) is 0 Å². The first-order valence-corrected chi connectivity index (χ1v) is 21.1. The summed E-state index contributed by atoms with van der Waals surface area (Å²) in [6.07, 6.45) is 63.5. The van der Waals surface area contributed by atoms with Crippen LogP contribution >= 0.6 is 0 Å². The molecule has 2 aliphatic rings. The van der Waals surface area contributed by atoms with Gasteiger partial charge >= 0.3 is 11.9 Å². The van der Waals surface area contributed by atoms with Crippen molar-refractivity contribution >= 4 is 11.9 Å². The smallest absolute Gasteiger partial charge is 0.306 e. The molecule has 2 aliphatic heterocycles. The number of hydrogen-bond acceptors (Lipinski definition) is 6. The Balaban J connectivity index is 1.47. The molecule has 0 saturated carbocycles. The van der Waals surface area contributed by atoms with Crippen LogP contribution in [0.3, 0.4) is 0 Å². The molecule has 2 heterocycles. The largest absolute Gasteiger partial charge is 0.457 e. The van der Waals surface area contributed by atoms with Crippen LogP contribution in [-0.4, -0.2) is 49.6 Å². The van der Waals surface area contributed by atoms with Crippen molar-refractivity contribution in [3.8, 4) is 0 Å². The third-order valence-electron chi connectivity index (χ3n) is 8.75. The predicted molar refractivity (Wildman–Crippen MR) is 234 cm³/mol. The molecule has 2 rings (SSSR count). The maximum atomic E-state index is 12.5. The molecule has 6 heteroatoms. The topological polar surface area (TPSA) is 71.1 Å². The molecule has 306 valence electrons. The van der Waals surface area contributed by atoms with Gasteiger partial charge in [0.15, 0.2) is 12.2 Å². The van der Waals surface area contributed by atoms with Crippen molar-refractivity contribution in [1.82, 2.24) is 0 Å². The van der Waals surface area contributed by atoms with Gasteiger partial charge in [-0.25, -0.2) is 0 Å². The molecule has 0 N–H and O–H groups in total. The molecule has 2 unspecified atom stereocenters. The number of rotatable bonds is 30. The Morgan fingerprint density at radius 1 is 0.393 bits per heavy atom. The van der Waals surface area contributed by atoms with Gasteiger partial charge in [0, 0.05) is 12.8 Å². The molecule has 0 radical (unpaired) electrons. The van der Waals surface area contributed by atoms with Crippen LogP contribution in [0.5, 0.6) is 0 Å². The van der Waals surface area contributed by atoms with Gasteiger partial charge in [0.25, 0.3) is 0 Å². The Labute approximate surface area is 339 Å². The summed E-state index contributed by atoms with van der Waals surface area (Å²) in [6.45, 7) is 4.79. The summed E-state index contributed by atoms with van der Waals surface area (Å²) in [5, 5.41) is 0. The van der Waals surface area contributed by atoms with Crippen LogP contribution in [-0.2, 0) is 28.5 Å². The lowest BCUT2D eigenvalue weighted by atomic mass is 10.1. The van der Waals surface area contributed by atoms with Gasteiger partial charge in [-0.2, -0.15) is 0 Å². The molecule has 4 atom stereocenters. The fourth-order valence-electron chi connectivity index (χ4n) is 5.77. The Kier molecular flexibility index (Phi) is 30.1. The van der Waals surface area contributed by atoms with E-state index in [0.29, 0.717) is 25.7 Å². The Morgan fingerprint density at radius 2 is 0.625 bits per heavy atom. The molecule has 0 bridgehead atoms. The van der Waals surface area contributed by atoms with Crippen LogP contribution in [0, 0.1) is 0 Å². The first kappa shape index (κ1) is 47.9. The monoisotopic (exact) mass is 767 g/mol. The van der Waals surface area contributed by atoms with Crippen molar-refractivity contribution in [3.05, 3.63) is 146 Å². The van der Waals surface area contributed by atoms with Gasteiger partial charge in [0.1, 0.15) is 12.2 Å². The molecule has 0 spiro atoms. The van der Waals surface area contributed by atoms with Crippen LogP contribution in [0.15, 0.2) is 146 Å². The fourth-order valence-corrected chi connectivity index (χ4v) is 5.77. The third kappa shape index (κ3) is 25.8. The lowest BCUT2D eigenvalue weighted by molar-refractivity contribution is -0.155. The molecule has 0 aromatic carbocycles. The minimum absolute atomic E-state index is 0.244. The van der Waals surface area contributed by atoms with E-state index in [-0.39, 0.29) is 25.2 Å². The zero-order chi connectivity index (χ0) is 40.0. The Hall–Kier alpha value is -4.26. The summed E-state index contributed by atoms with van der Waals surface area (Å²) < 4.78 is 23.0. The fraction of sp³-hybridized carbons (Fsp3) is 0.480. The molecular formula is C50H70O6. The second-order valence-corrected chi connectivity index (χ2v) is 13.6. The van der Waals surface area contributed by atoms with Crippen molar-refractivity contribution in [2.75, 3.05) is 13.2 Å². The van der Waals surface area contributed by atoms with Crippen molar-refractivity contribution in [3.63, 3.8) is 0 Å². The SMILES string of the molecule is CCC=CCC=CCC=CCC=CCC=CCC=CCCC(=O)O[C@H]1COC2C1OC[C@H]2OC(=O)CCC=CCC=CCC=CCC=CCC=CCC=CCC. The van der Waals surface area contributed by atoms with E-state index < -0.39 is 24.4 Å². The maximum absolute atomic E-state index is 12.5. The Bertz CT molecular complexity index is 1290. The van der Waals surface area contributed by atoms with E-state index in [9.17, 15) is 9.59 Å². The second-order valence-electron chi connectivity index (χ2n) is 13.6. The normalized spacial score (nSPS) is 20.8. The highest BCUT2D eigenvalue weighted by molar-refractivity contribution is 5.70. The van der Waals surface area contributed by atoms with E-state index in [2.05, 4.69) is 148 Å². The molecule has 6 nitrogen and oxygen atoms in total. The van der Waals surface area contributed by atoms with Gasteiger partial charge in [-0.3, -0.25) is 9.59 Å². The summed E-state index contributed by atoms with van der Waals surface area (Å²) in [6, 6.07) is 0. The predicted octanol–water partition coefficient (Wildman–Crippen LogP) is 12.6. The van der Waals surface area contributed by atoms with Crippen LogP contribution in [0.4, 0.5) is 0 Å². The average molecular weight is 767 g/mol. The molecule has 0 aromatic rings. The van der Waals surface area contributed by atoms with Gasteiger partial charge in [0.05, 0.1) is 13.2 Å². The highest BCUT2D eigenvalue weighted by Crippen LogP contribution is 2.31. The van der Waals surface area contributed by atoms with Crippen molar-refractivity contribution in [1.29, 1.82) is 0 Å². The molecule has 0 aliphatic carbocycles. The summed E-state index contributed by atoms with van der Waals surface area (Å²) in [4.78, 5) is 24.9. The quantitative estimate of drug-likeness (QED) is 0.0535. The summed E-state index contributed by atoms with van der Waals surface area (Å²) >= 11 is 0. The minimum atomic E-state index is -0.486. The van der Waals surface area contributed by atoms with Gasteiger partial charge in [-0.15, -0.1) is 0 Å². The minimum Gasteiger partial charge on any atom is -0.457 e. The van der Waals surface area contributed by atoms with Gasteiger partial charge in [0.2, 0.25) is 0 Å². The van der Waals surface area contributed by atoms with E-state index in [1.807, 2.05) is 12.2 Å². The van der Waals surface area contributed by atoms with E-state index in [1.165, 1.54) is 0 Å². The highest BCUT2D eigenvalue weighted by Gasteiger charge is 2.51. The van der Waals surface area contributed by atoms with Crippen LogP contribution < -0.4 is 0 Å². The molecule has 0 amide bonds. The van der Waals surface area contributed by atoms with Crippen molar-refractivity contribution in [2.45, 2.75) is 141 Å². The zero-order valence-electron chi connectivity index (χ0n) is 34.3. The Morgan fingerprint density at radius 3 is 0.875 bits per heavy atom. The van der Waals surface area contributed by atoms with Crippen molar-refractivity contribution in [2.24, 2.45) is 0 Å². The summed E-state index contributed by atoms with van der Waals surface area (Å²) in [7, 11) is 0. The number of esters is 2. The lowest BCUT2D eigenvalue weighted by Gasteiger charge is -2.17. The molecule has 56 heavy (non-hydrogen) atoms. The van der Waals surface area contributed by atoms with Gasteiger partial charge in [-0.05, 0) is 89.9 Å². The van der Waals surface area contributed by atoms with Gasteiger partial charge in [-0.1, -0.05) is 160 Å². The lowest BCUT2D eigenvalue weighted by Crippen LogP contribution is -2.35. The molecule has 2 saturated heterocycles. The maximum Gasteiger partial charge on any atom is 0.306 e. The highest BCUT2D eigenvalue weighted by atomic mass is 16.7. The summed E-state index contributed by atoms with van der Waals surface area (Å²) in [5.74, 6) is -0.557. The molecule has 2 fully saturated rings. The number of carbonyl (C=O) groups excluding carboxylic acids is 2. The number of carbonyl (C=O) groups is 2. The first-order chi connectivity index (χ1) is 27.7. The molecule has 0 aromatic heterocycles. The summed E-state index contributed by atoms with van der Waals surface area (Å²) in [5.41, 5.74) is 0. The van der Waals surface area contributed by atoms with Gasteiger partial charge < -0.3 is 18.9 Å². The molecular weight excluding hydrogens is 697 g/mol. The van der Waals surface area contributed by atoms with E-state index in [4.69, 9.17) is 18.9 Å². The van der Waals surface area contributed by atoms with Crippen LogP contribution in [0.1, 0.15) is 117 Å². The first-order valence-electron chi connectivity index (χ1n) is 21.1. The van der Waals surface area contributed by atoms with E-state index in [0.717, 1.165) is 77.0 Å². The standard InChI is InChI=1S/C50H70O6/c1-3-5-7-9-11-13-15-17-19-21-23-25-27-29-31-33-35-37-39-41-47(51)55-45-43-53-50-46(44-54-49(45)50)56-48(52)42-40-38-36-34-32-30-28-26-24-22-20-18-16-14-12-10-8-6-4-2/h5-8,11-14,17-20,23-26,29-32,35-38,45-46,49-50H,3-4,9-10,15-16,21-22,27-28,33-34,39-44H2,1-2H3/t45-,46+,49?,50?. The van der Waals surface area contributed by atoms with Crippen molar-refractivity contribution < 1.29 is 28.5 Å². The van der Waals surface area contributed by atoms with Crippen LogP contribution in [0.25, 0.3) is 0 Å².